The molecule has 0 spiro atoms. The van der Waals surface area contributed by atoms with E-state index in [-0.39, 0.29) is 29.5 Å². The Morgan fingerprint density at radius 3 is 2.27 bits per heavy atom. The molecule has 22 heavy (non-hydrogen) atoms. The van der Waals surface area contributed by atoms with Crippen molar-refractivity contribution in [2.24, 2.45) is 5.92 Å². The second-order valence-electron chi connectivity index (χ2n) is 5.05. The van der Waals surface area contributed by atoms with Gasteiger partial charge in [-0.2, -0.15) is 10.5 Å². The Kier molecular flexibility index (Phi) is 3.69. The molecule has 112 valence electrons. The van der Waals surface area contributed by atoms with E-state index in [4.69, 9.17) is 16.9 Å². The van der Waals surface area contributed by atoms with Gasteiger partial charge in [-0.15, -0.1) is 0 Å². The number of hydrogen-bond donors (Lipinski definition) is 0. The molecule has 0 saturated heterocycles. The van der Waals surface area contributed by atoms with Gasteiger partial charge in [0, 0.05) is 5.56 Å². The van der Waals surface area contributed by atoms with Crippen LogP contribution < -0.4 is 0 Å². The second-order valence-corrected chi connectivity index (χ2v) is 5.41. The van der Waals surface area contributed by atoms with E-state index in [0.717, 1.165) is 0 Å². The highest BCUT2D eigenvalue weighted by Gasteiger charge is 2.64. The molecular formula is C12H8ClN5O4. The molecule has 1 heterocycles. The standard InChI is InChI=1S/C12H8ClN5O4/c1-6-2-7-8(4-14)9(5-15)11(13)16-10(7)12(3-6,17(19)20)18(21)22/h6H,2-3H2,1H3/t6-/m0/s1. The van der Waals surface area contributed by atoms with Crippen molar-refractivity contribution in [3.05, 3.63) is 47.8 Å². The molecule has 0 saturated carbocycles. The average Bonchev–Trinajstić information content (AvgIpc) is 2.44. The van der Waals surface area contributed by atoms with Gasteiger partial charge in [-0.3, -0.25) is 20.2 Å². The van der Waals surface area contributed by atoms with Crippen LogP contribution in [-0.4, -0.2) is 14.8 Å². The van der Waals surface area contributed by atoms with Crippen molar-refractivity contribution in [2.75, 3.05) is 0 Å². The van der Waals surface area contributed by atoms with Crippen LogP contribution in [0, 0.1) is 48.8 Å². The van der Waals surface area contributed by atoms with Gasteiger partial charge in [0.15, 0.2) is 0 Å². The first-order valence-corrected chi connectivity index (χ1v) is 6.49. The number of rotatable bonds is 2. The number of aromatic nitrogens is 1. The molecule has 1 aromatic heterocycles. The van der Waals surface area contributed by atoms with Gasteiger partial charge in [-0.1, -0.05) is 18.5 Å². The van der Waals surface area contributed by atoms with Crippen molar-refractivity contribution in [1.29, 1.82) is 10.5 Å². The van der Waals surface area contributed by atoms with Gasteiger partial charge in [0.1, 0.15) is 32.7 Å². The van der Waals surface area contributed by atoms with Crippen LogP contribution >= 0.6 is 11.6 Å². The predicted octanol–water partition coefficient (Wildman–Crippen LogP) is 1.77. The lowest BCUT2D eigenvalue weighted by atomic mass is 9.78. The molecule has 10 heteroatoms. The van der Waals surface area contributed by atoms with E-state index in [0.29, 0.717) is 0 Å². The minimum atomic E-state index is -2.66. The number of pyridine rings is 1. The molecule has 0 unspecified atom stereocenters. The van der Waals surface area contributed by atoms with Crippen LogP contribution in [0.5, 0.6) is 0 Å². The highest BCUT2D eigenvalue weighted by Crippen LogP contribution is 2.42. The normalized spacial score (nSPS) is 18.6. The summed E-state index contributed by atoms with van der Waals surface area (Å²) in [6, 6.07) is 3.47. The summed E-state index contributed by atoms with van der Waals surface area (Å²) in [6.07, 6.45) is -0.180. The van der Waals surface area contributed by atoms with Gasteiger partial charge in [-0.05, 0) is 12.3 Å². The summed E-state index contributed by atoms with van der Waals surface area (Å²) < 4.78 is 0. The average molecular weight is 322 g/mol. The summed E-state index contributed by atoms with van der Waals surface area (Å²) in [5.74, 6) is -0.426. The van der Waals surface area contributed by atoms with Gasteiger partial charge in [-0.25, -0.2) is 4.98 Å². The van der Waals surface area contributed by atoms with E-state index in [1.807, 2.05) is 0 Å². The third kappa shape index (κ3) is 1.95. The van der Waals surface area contributed by atoms with Gasteiger partial charge in [0.05, 0.1) is 12.0 Å². The third-order valence-corrected chi connectivity index (χ3v) is 3.92. The number of nitro groups is 2. The van der Waals surface area contributed by atoms with Crippen molar-refractivity contribution in [2.45, 2.75) is 25.4 Å². The van der Waals surface area contributed by atoms with Crippen molar-refractivity contribution in [3.63, 3.8) is 0 Å². The molecule has 9 nitrogen and oxygen atoms in total. The zero-order valence-electron chi connectivity index (χ0n) is 11.2. The monoisotopic (exact) mass is 321 g/mol. The van der Waals surface area contributed by atoms with Crippen molar-refractivity contribution >= 4 is 11.6 Å². The zero-order valence-corrected chi connectivity index (χ0v) is 12.0. The number of fused-ring (bicyclic) bond motifs is 1. The lowest BCUT2D eigenvalue weighted by Gasteiger charge is -2.28. The van der Waals surface area contributed by atoms with E-state index < -0.39 is 32.3 Å². The Bertz CT molecular complexity index is 765. The maximum atomic E-state index is 11.4. The molecule has 0 amide bonds. The van der Waals surface area contributed by atoms with E-state index >= 15 is 0 Å². The SMILES string of the molecule is C[C@H]1Cc2c(nc(Cl)c(C#N)c2C#N)C([N+](=O)[O-])([N+](=O)[O-])C1. The molecule has 0 aliphatic heterocycles. The van der Waals surface area contributed by atoms with Crippen LogP contribution in [0.4, 0.5) is 0 Å². The van der Waals surface area contributed by atoms with Crippen molar-refractivity contribution in [1.82, 2.24) is 4.98 Å². The Balaban J connectivity index is 2.95. The molecule has 1 aromatic rings. The van der Waals surface area contributed by atoms with Crippen LogP contribution in [0.2, 0.25) is 5.15 Å². The quantitative estimate of drug-likeness (QED) is 0.349. The van der Waals surface area contributed by atoms with Crippen LogP contribution in [0.25, 0.3) is 0 Å². The molecule has 0 radical (unpaired) electrons. The van der Waals surface area contributed by atoms with Crippen LogP contribution in [0.15, 0.2) is 0 Å². The van der Waals surface area contributed by atoms with Crippen LogP contribution in [0.1, 0.15) is 35.7 Å². The van der Waals surface area contributed by atoms with Gasteiger partial charge >= 0.3 is 5.66 Å². The highest BCUT2D eigenvalue weighted by molar-refractivity contribution is 6.30. The molecule has 0 fully saturated rings. The first-order valence-electron chi connectivity index (χ1n) is 6.11. The number of hydrogen-bond acceptors (Lipinski definition) is 7. The lowest BCUT2D eigenvalue weighted by Crippen LogP contribution is -2.49. The molecule has 1 aliphatic rings. The summed E-state index contributed by atoms with van der Waals surface area (Å²) in [5, 5.41) is 40.7. The predicted molar refractivity (Wildman–Crippen MR) is 71.8 cm³/mol. The van der Waals surface area contributed by atoms with E-state index in [2.05, 4.69) is 4.98 Å². The summed E-state index contributed by atoms with van der Waals surface area (Å²) in [6.45, 7) is 1.60. The molecule has 2 rings (SSSR count). The van der Waals surface area contributed by atoms with E-state index in [1.54, 1.807) is 19.1 Å². The first kappa shape index (κ1) is 15.6. The topological polar surface area (TPSA) is 147 Å². The van der Waals surface area contributed by atoms with Crippen LogP contribution in [0.3, 0.4) is 0 Å². The van der Waals surface area contributed by atoms with E-state index in [1.165, 1.54) is 0 Å². The van der Waals surface area contributed by atoms with Crippen molar-refractivity contribution in [3.8, 4) is 12.1 Å². The minimum absolute atomic E-state index is 0.0515. The Labute approximate surface area is 129 Å². The second kappa shape index (κ2) is 5.20. The Hall–Kier alpha value is -2.78. The fraction of sp³-hybridized carbons (Fsp3) is 0.417. The molecule has 0 bridgehead atoms. The summed E-state index contributed by atoms with van der Waals surface area (Å²) >= 11 is 5.79. The maximum Gasteiger partial charge on any atom is 0.501 e. The number of nitriles is 2. The highest BCUT2D eigenvalue weighted by atomic mass is 35.5. The fourth-order valence-corrected chi connectivity index (χ4v) is 2.96. The van der Waals surface area contributed by atoms with E-state index in [9.17, 15) is 25.5 Å². The lowest BCUT2D eigenvalue weighted by molar-refractivity contribution is -0.814. The smallest absolute Gasteiger partial charge is 0.258 e. The van der Waals surface area contributed by atoms with Crippen molar-refractivity contribution < 1.29 is 9.85 Å². The van der Waals surface area contributed by atoms with Gasteiger partial charge < -0.3 is 0 Å². The zero-order chi connectivity index (χ0) is 16.7. The minimum Gasteiger partial charge on any atom is -0.258 e. The Morgan fingerprint density at radius 1 is 1.27 bits per heavy atom. The summed E-state index contributed by atoms with van der Waals surface area (Å²) in [5.41, 5.74) is -3.47. The summed E-state index contributed by atoms with van der Waals surface area (Å²) in [4.78, 5) is 24.5. The molecular weight excluding hydrogens is 314 g/mol. The first-order chi connectivity index (χ1) is 10.3. The van der Waals surface area contributed by atoms with Gasteiger partial charge in [0.25, 0.3) is 0 Å². The molecule has 0 aromatic carbocycles. The molecule has 0 N–H and O–H groups in total. The molecule has 1 aliphatic carbocycles. The molecule has 1 atom stereocenters. The fourth-order valence-electron chi connectivity index (χ4n) is 2.74. The largest absolute Gasteiger partial charge is 0.501 e. The Morgan fingerprint density at radius 2 is 1.82 bits per heavy atom. The summed E-state index contributed by atoms with van der Waals surface area (Å²) in [7, 11) is 0. The number of halogens is 1. The third-order valence-electron chi connectivity index (χ3n) is 3.65. The maximum absolute atomic E-state index is 11.4. The van der Waals surface area contributed by atoms with Gasteiger partial charge in [0.2, 0.25) is 5.69 Å². The van der Waals surface area contributed by atoms with Crippen LogP contribution in [-0.2, 0) is 12.1 Å². The number of nitrogens with zero attached hydrogens (tertiary/aromatic N) is 5.